The molecule has 0 spiro atoms. The smallest absolute Gasteiger partial charge is 0.306 e. The Bertz CT molecular complexity index is 1160. The highest BCUT2D eigenvalue weighted by atomic mass is 16.5. The molecular formula is C54H93NO5. The van der Waals surface area contributed by atoms with E-state index >= 15 is 0 Å². The molecule has 6 heteroatoms. The maximum atomic E-state index is 13.2. The summed E-state index contributed by atoms with van der Waals surface area (Å²) in [5.74, 6) is -0.549. The van der Waals surface area contributed by atoms with Crippen LogP contribution in [0.4, 0.5) is 0 Å². The zero-order valence-electron chi connectivity index (χ0n) is 39.1. The number of hydrogen-bond acceptors (Lipinski definition) is 5. The monoisotopic (exact) mass is 836 g/mol. The molecule has 0 saturated heterocycles. The lowest BCUT2D eigenvalue weighted by atomic mass is 10.0. The van der Waals surface area contributed by atoms with Crippen LogP contribution >= 0.6 is 0 Å². The van der Waals surface area contributed by atoms with E-state index in [0.29, 0.717) is 19.3 Å². The number of nitrogens with one attached hydrogen (secondary N) is 1. The number of rotatable bonds is 43. The highest BCUT2D eigenvalue weighted by molar-refractivity contribution is 5.77. The lowest BCUT2D eigenvalue weighted by molar-refractivity contribution is -0.151. The summed E-state index contributed by atoms with van der Waals surface area (Å²) in [5, 5.41) is 23.7. The Morgan fingerprint density at radius 3 is 1.42 bits per heavy atom. The molecule has 3 N–H and O–H groups in total. The van der Waals surface area contributed by atoms with Crippen LogP contribution in [-0.4, -0.2) is 46.9 Å². The van der Waals surface area contributed by atoms with Gasteiger partial charge in [-0.15, -0.1) is 0 Å². The number of amides is 1. The van der Waals surface area contributed by atoms with Crippen LogP contribution in [0.25, 0.3) is 0 Å². The maximum absolute atomic E-state index is 13.2. The number of hydrogen-bond donors (Lipinski definition) is 3. The van der Waals surface area contributed by atoms with E-state index in [2.05, 4.69) is 68.6 Å². The van der Waals surface area contributed by atoms with Crippen LogP contribution in [0.3, 0.4) is 0 Å². The van der Waals surface area contributed by atoms with Crippen molar-refractivity contribution < 1.29 is 24.5 Å². The van der Waals surface area contributed by atoms with Gasteiger partial charge in [0.1, 0.15) is 6.10 Å². The fraction of sp³-hybridized carbons (Fsp3) is 0.704. The van der Waals surface area contributed by atoms with Crippen LogP contribution in [0.2, 0.25) is 0 Å². The first-order valence-corrected chi connectivity index (χ1v) is 24.9. The van der Waals surface area contributed by atoms with Crippen molar-refractivity contribution in [2.75, 3.05) is 6.61 Å². The van der Waals surface area contributed by atoms with E-state index < -0.39 is 18.2 Å². The van der Waals surface area contributed by atoms with Crippen LogP contribution < -0.4 is 5.32 Å². The van der Waals surface area contributed by atoms with Gasteiger partial charge in [-0.05, 0) is 70.6 Å². The third kappa shape index (κ3) is 41.8. The molecule has 0 aromatic carbocycles. The number of unbranched alkanes of at least 4 members (excludes halogenated alkanes) is 22. The third-order valence-electron chi connectivity index (χ3n) is 10.9. The summed E-state index contributed by atoms with van der Waals surface area (Å²) in [6, 6.07) is -0.721. The Kier molecular flexibility index (Phi) is 44.8. The van der Waals surface area contributed by atoms with Gasteiger partial charge in [0.2, 0.25) is 5.91 Å². The van der Waals surface area contributed by atoms with Crippen molar-refractivity contribution in [1.82, 2.24) is 5.32 Å². The Labute approximate surface area is 370 Å². The predicted octanol–water partition coefficient (Wildman–Crippen LogP) is 14.8. The van der Waals surface area contributed by atoms with E-state index in [1.54, 1.807) is 0 Å². The van der Waals surface area contributed by atoms with E-state index in [1.807, 2.05) is 42.5 Å². The van der Waals surface area contributed by atoms with Crippen molar-refractivity contribution in [1.29, 1.82) is 0 Å². The minimum absolute atomic E-state index is 0.0424. The fourth-order valence-electron chi connectivity index (χ4n) is 7.09. The van der Waals surface area contributed by atoms with E-state index in [9.17, 15) is 19.8 Å². The normalized spacial score (nSPS) is 14.0. The van der Waals surface area contributed by atoms with Crippen molar-refractivity contribution >= 4 is 11.9 Å². The second-order valence-corrected chi connectivity index (χ2v) is 16.6. The molecule has 1 amide bonds. The summed E-state index contributed by atoms with van der Waals surface area (Å²) in [5.41, 5.74) is 0. The first kappa shape index (κ1) is 57.0. The van der Waals surface area contributed by atoms with Crippen molar-refractivity contribution in [2.45, 2.75) is 238 Å². The first-order chi connectivity index (χ1) is 29.5. The summed E-state index contributed by atoms with van der Waals surface area (Å²) in [6.45, 7) is 6.28. The molecule has 0 heterocycles. The standard InChI is InChI=1S/C54H93NO5/c1-4-7-10-13-16-19-22-25-26-29-32-35-38-41-44-47-54(59)60-50(45-42-39-36-33-30-27-23-20-17-14-11-8-5-2)48-53(58)55-51(49-56)52(57)46-43-40-37-34-31-28-24-21-18-15-12-9-6-3/h7,10,13,16-17,19-20,22-23,25-27,29,32,50-52,56-57H,4-6,8-9,11-12,14-15,18,21,24,28,30-31,33-49H2,1-3H3,(H,55,58)/b10-7+,16-13+,20-17+,22-19-,26-25-,27-23+,32-29+. The molecule has 60 heavy (non-hydrogen) atoms. The van der Waals surface area contributed by atoms with Gasteiger partial charge in [-0.3, -0.25) is 9.59 Å². The number of allylic oxidation sites excluding steroid dienone is 14. The van der Waals surface area contributed by atoms with Gasteiger partial charge in [-0.1, -0.05) is 221 Å². The van der Waals surface area contributed by atoms with E-state index in [4.69, 9.17) is 4.74 Å². The lowest BCUT2D eigenvalue weighted by Crippen LogP contribution is -2.46. The van der Waals surface area contributed by atoms with Gasteiger partial charge >= 0.3 is 5.97 Å². The molecule has 0 aromatic rings. The topological polar surface area (TPSA) is 95.9 Å². The molecule has 0 fully saturated rings. The number of aliphatic hydroxyl groups is 2. The van der Waals surface area contributed by atoms with Crippen LogP contribution in [-0.2, 0) is 14.3 Å². The molecule has 0 saturated carbocycles. The van der Waals surface area contributed by atoms with Gasteiger partial charge in [0.15, 0.2) is 0 Å². The van der Waals surface area contributed by atoms with Gasteiger partial charge in [0.05, 0.1) is 25.2 Å². The number of carbonyl (C=O) groups excluding carboxylic acids is 2. The van der Waals surface area contributed by atoms with Crippen molar-refractivity contribution in [3.8, 4) is 0 Å². The molecule has 0 aliphatic carbocycles. The van der Waals surface area contributed by atoms with E-state index in [0.717, 1.165) is 89.9 Å². The largest absolute Gasteiger partial charge is 0.462 e. The number of esters is 1. The number of aliphatic hydroxyl groups excluding tert-OH is 2. The van der Waals surface area contributed by atoms with Gasteiger partial charge in [-0.2, -0.15) is 0 Å². The van der Waals surface area contributed by atoms with Crippen LogP contribution in [0.1, 0.15) is 220 Å². The minimum Gasteiger partial charge on any atom is -0.462 e. The number of ether oxygens (including phenoxy) is 1. The molecular weight excluding hydrogens is 743 g/mol. The Morgan fingerprint density at radius 1 is 0.500 bits per heavy atom. The maximum Gasteiger partial charge on any atom is 0.306 e. The SMILES string of the molecule is CC/C=C/C=C/C=C\C=C/C=C/CCCCCC(=O)OC(CCCCCC/C=C/C=C/CCCCC)CC(=O)NC(CO)C(O)CCCCCCCCCCCCCCC. The van der Waals surface area contributed by atoms with E-state index in [1.165, 1.54) is 83.5 Å². The second-order valence-electron chi connectivity index (χ2n) is 16.6. The summed E-state index contributed by atoms with van der Waals surface area (Å²) >= 11 is 0. The Morgan fingerprint density at radius 2 is 0.900 bits per heavy atom. The second kappa shape index (κ2) is 47.1. The van der Waals surface area contributed by atoms with Crippen molar-refractivity contribution in [3.05, 3.63) is 85.1 Å². The molecule has 6 nitrogen and oxygen atoms in total. The zero-order valence-corrected chi connectivity index (χ0v) is 39.1. The van der Waals surface area contributed by atoms with E-state index in [-0.39, 0.29) is 24.9 Å². The van der Waals surface area contributed by atoms with Crippen LogP contribution in [0, 0.1) is 0 Å². The Balaban J connectivity index is 4.71. The average Bonchev–Trinajstić information content (AvgIpc) is 3.24. The predicted molar refractivity (Wildman–Crippen MR) is 259 cm³/mol. The molecule has 0 aliphatic rings. The zero-order chi connectivity index (χ0) is 43.8. The minimum atomic E-state index is -0.804. The third-order valence-corrected chi connectivity index (χ3v) is 10.9. The van der Waals surface area contributed by atoms with Crippen LogP contribution in [0.15, 0.2) is 85.1 Å². The van der Waals surface area contributed by atoms with Gasteiger partial charge in [0, 0.05) is 6.42 Å². The summed E-state index contributed by atoms with van der Waals surface area (Å²) in [6.07, 6.45) is 60.6. The molecule has 0 bridgehead atoms. The summed E-state index contributed by atoms with van der Waals surface area (Å²) in [7, 11) is 0. The molecule has 0 rings (SSSR count). The first-order valence-electron chi connectivity index (χ1n) is 24.9. The molecule has 344 valence electrons. The number of carbonyl (C=O) groups is 2. The molecule has 3 atom stereocenters. The highest BCUT2D eigenvalue weighted by Crippen LogP contribution is 2.17. The quantitative estimate of drug-likeness (QED) is 0.0323. The van der Waals surface area contributed by atoms with Crippen molar-refractivity contribution in [2.24, 2.45) is 0 Å². The molecule has 0 aliphatic heterocycles. The highest BCUT2D eigenvalue weighted by Gasteiger charge is 2.24. The van der Waals surface area contributed by atoms with Crippen LogP contribution in [0.5, 0.6) is 0 Å². The summed E-state index contributed by atoms with van der Waals surface area (Å²) < 4.78 is 5.89. The average molecular weight is 836 g/mol. The van der Waals surface area contributed by atoms with Gasteiger partial charge in [0.25, 0.3) is 0 Å². The van der Waals surface area contributed by atoms with Crippen molar-refractivity contribution in [3.63, 3.8) is 0 Å². The fourth-order valence-corrected chi connectivity index (χ4v) is 7.09. The van der Waals surface area contributed by atoms with Gasteiger partial charge < -0.3 is 20.3 Å². The summed E-state index contributed by atoms with van der Waals surface area (Å²) in [4.78, 5) is 26.1. The molecule has 3 unspecified atom stereocenters. The lowest BCUT2D eigenvalue weighted by Gasteiger charge is -2.24. The van der Waals surface area contributed by atoms with Gasteiger partial charge in [-0.25, -0.2) is 0 Å². The molecule has 0 radical (unpaired) electrons. The Hall–Kier alpha value is -2.96. The molecule has 0 aromatic heterocycles.